The van der Waals surface area contributed by atoms with E-state index in [0.717, 1.165) is 19.0 Å². The van der Waals surface area contributed by atoms with Crippen LogP contribution in [0.15, 0.2) is 30.3 Å². The van der Waals surface area contributed by atoms with Crippen LogP contribution in [0.2, 0.25) is 0 Å². The van der Waals surface area contributed by atoms with E-state index < -0.39 is 0 Å². The molecule has 2 fully saturated rings. The van der Waals surface area contributed by atoms with Gasteiger partial charge in [-0.1, -0.05) is 30.3 Å². The standard InChI is InChI=1S/C15H22NO.ClH/c17-15-11-16(12-15)8-6-14(7-9-16)10-13-4-2-1-3-5-13;/h1-5,14-15,17H,6-12H2;1H/q+1;/p-1. The minimum Gasteiger partial charge on any atom is -1.00 e. The number of halogens is 1. The van der Waals surface area contributed by atoms with Crippen molar-refractivity contribution < 1.29 is 22.0 Å². The van der Waals surface area contributed by atoms with Crippen molar-refractivity contribution in [2.75, 3.05) is 26.2 Å². The third-order valence-corrected chi connectivity index (χ3v) is 4.59. The van der Waals surface area contributed by atoms with Crippen molar-refractivity contribution in [3.8, 4) is 0 Å². The molecule has 0 radical (unpaired) electrons. The highest BCUT2D eigenvalue weighted by Gasteiger charge is 2.45. The van der Waals surface area contributed by atoms with Gasteiger partial charge in [-0.3, -0.25) is 0 Å². The number of quaternary nitrogens is 1. The number of hydrogen-bond acceptors (Lipinski definition) is 1. The molecule has 2 aliphatic rings. The molecule has 0 saturated carbocycles. The van der Waals surface area contributed by atoms with Crippen LogP contribution in [-0.4, -0.2) is 41.9 Å². The van der Waals surface area contributed by atoms with Crippen molar-refractivity contribution in [2.24, 2.45) is 5.92 Å². The molecule has 2 aliphatic heterocycles. The van der Waals surface area contributed by atoms with Gasteiger partial charge in [-0.25, -0.2) is 0 Å². The summed E-state index contributed by atoms with van der Waals surface area (Å²) in [5.41, 5.74) is 1.48. The Hall–Kier alpha value is -0.570. The number of aliphatic hydroxyl groups is 1. The quantitative estimate of drug-likeness (QED) is 0.670. The molecule has 0 bridgehead atoms. The van der Waals surface area contributed by atoms with E-state index in [4.69, 9.17) is 0 Å². The third kappa shape index (κ3) is 2.87. The van der Waals surface area contributed by atoms with Crippen LogP contribution in [0.25, 0.3) is 0 Å². The van der Waals surface area contributed by atoms with E-state index in [9.17, 15) is 5.11 Å². The Labute approximate surface area is 116 Å². The summed E-state index contributed by atoms with van der Waals surface area (Å²) in [5.74, 6) is 0.860. The summed E-state index contributed by atoms with van der Waals surface area (Å²) in [5, 5.41) is 9.45. The number of hydrogen-bond donors (Lipinski definition) is 1. The highest BCUT2D eigenvalue weighted by Crippen LogP contribution is 2.31. The fourth-order valence-electron chi connectivity index (χ4n) is 3.53. The smallest absolute Gasteiger partial charge is 0.152 e. The largest absolute Gasteiger partial charge is 1.00 e. The minimum absolute atomic E-state index is 0. The third-order valence-electron chi connectivity index (χ3n) is 4.59. The van der Waals surface area contributed by atoms with Gasteiger partial charge < -0.3 is 22.0 Å². The second kappa shape index (κ2) is 5.60. The van der Waals surface area contributed by atoms with Gasteiger partial charge in [-0.05, 0) is 30.7 Å². The molecule has 2 saturated heterocycles. The monoisotopic (exact) mass is 267 g/mol. The van der Waals surface area contributed by atoms with Gasteiger partial charge in [0.15, 0.2) is 6.10 Å². The Morgan fingerprint density at radius 2 is 1.67 bits per heavy atom. The van der Waals surface area contributed by atoms with Gasteiger partial charge >= 0.3 is 0 Å². The fraction of sp³-hybridized carbons (Fsp3) is 0.600. The molecule has 1 N–H and O–H groups in total. The van der Waals surface area contributed by atoms with Crippen LogP contribution in [0.4, 0.5) is 0 Å². The summed E-state index contributed by atoms with van der Waals surface area (Å²) in [6.45, 7) is 4.60. The first-order valence-electron chi connectivity index (χ1n) is 6.83. The van der Waals surface area contributed by atoms with Gasteiger partial charge in [0, 0.05) is 0 Å². The number of piperidine rings is 1. The number of benzene rings is 1. The van der Waals surface area contributed by atoms with E-state index in [0.29, 0.717) is 0 Å². The van der Waals surface area contributed by atoms with Gasteiger partial charge in [0.2, 0.25) is 0 Å². The summed E-state index contributed by atoms with van der Waals surface area (Å²) in [6, 6.07) is 10.8. The molecule has 2 nitrogen and oxygen atoms in total. The van der Waals surface area contributed by atoms with E-state index in [1.807, 2.05) is 0 Å². The predicted molar refractivity (Wildman–Crippen MR) is 68.6 cm³/mol. The van der Waals surface area contributed by atoms with Crippen molar-refractivity contribution in [3.05, 3.63) is 35.9 Å². The molecule has 1 aromatic carbocycles. The summed E-state index contributed by atoms with van der Waals surface area (Å²) in [7, 11) is 0. The Morgan fingerprint density at radius 3 is 2.22 bits per heavy atom. The lowest BCUT2D eigenvalue weighted by molar-refractivity contribution is -0.977. The van der Waals surface area contributed by atoms with E-state index in [1.54, 1.807) is 0 Å². The van der Waals surface area contributed by atoms with Gasteiger partial charge in [0.25, 0.3) is 0 Å². The van der Waals surface area contributed by atoms with Gasteiger partial charge in [-0.15, -0.1) is 0 Å². The molecule has 1 aromatic rings. The molecule has 1 spiro atoms. The molecule has 0 aliphatic carbocycles. The second-order valence-corrected chi connectivity index (χ2v) is 5.94. The van der Waals surface area contributed by atoms with Crippen LogP contribution in [0.5, 0.6) is 0 Å². The van der Waals surface area contributed by atoms with Gasteiger partial charge in [0.05, 0.1) is 13.1 Å². The van der Waals surface area contributed by atoms with Crippen molar-refractivity contribution in [1.82, 2.24) is 0 Å². The SMILES string of the molecule is OC1C[N+]2(CCC(Cc3ccccc3)CC2)C1.[Cl-]. The van der Waals surface area contributed by atoms with E-state index in [-0.39, 0.29) is 18.5 Å². The van der Waals surface area contributed by atoms with Crippen molar-refractivity contribution in [2.45, 2.75) is 25.4 Å². The maximum absolute atomic E-state index is 9.45. The first kappa shape index (κ1) is 13.9. The molecule has 3 rings (SSSR count). The molecule has 0 aromatic heterocycles. The van der Waals surface area contributed by atoms with Gasteiger partial charge in [0.1, 0.15) is 13.1 Å². The van der Waals surface area contributed by atoms with Crippen LogP contribution in [0.3, 0.4) is 0 Å². The minimum atomic E-state index is -0.0133. The summed E-state index contributed by atoms with van der Waals surface area (Å²) >= 11 is 0. The van der Waals surface area contributed by atoms with Crippen molar-refractivity contribution in [3.63, 3.8) is 0 Å². The Balaban J connectivity index is 0.00000120. The number of rotatable bonds is 2. The molecule has 3 heteroatoms. The average molecular weight is 268 g/mol. The second-order valence-electron chi connectivity index (χ2n) is 5.94. The summed E-state index contributed by atoms with van der Waals surface area (Å²) < 4.78 is 1.20. The number of nitrogens with zero attached hydrogens (tertiary/aromatic N) is 1. The van der Waals surface area contributed by atoms with Crippen molar-refractivity contribution >= 4 is 0 Å². The van der Waals surface area contributed by atoms with Crippen LogP contribution >= 0.6 is 0 Å². The lowest BCUT2D eigenvalue weighted by atomic mass is 9.86. The molecule has 0 unspecified atom stereocenters. The van der Waals surface area contributed by atoms with Crippen LogP contribution in [-0.2, 0) is 6.42 Å². The maximum Gasteiger partial charge on any atom is 0.152 e. The molecule has 100 valence electrons. The molecule has 18 heavy (non-hydrogen) atoms. The van der Waals surface area contributed by atoms with E-state index in [1.165, 1.54) is 42.4 Å². The predicted octanol–water partition coefficient (Wildman–Crippen LogP) is -1.17. The normalized spacial score (nSPS) is 34.7. The number of aliphatic hydroxyl groups excluding tert-OH is 1. The zero-order valence-corrected chi connectivity index (χ0v) is 11.5. The first-order valence-corrected chi connectivity index (χ1v) is 6.83. The highest BCUT2D eigenvalue weighted by atomic mass is 35.5. The Kier molecular flexibility index (Phi) is 4.31. The fourth-order valence-corrected chi connectivity index (χ4v) is 3.53. The topological polar surface area (TPSA) is 20.2 Å². The Morgan fingerprint density at radius 1 is 1.06 bits per heavy atom. The van der Waals surface area contributed by atoms with E-state index >= 15 is 0 Å². The zero-order chi connectivity index (χ0) is 11.7. The lowest BCUT2D eigenvalue weighted by Crippen LogP contribution is -3.00. The van der Waals surface area contributed by atoms with Crippen LogP contribution in [0, 0.1) is 5.92 Å². The van der Waals surface area contributed by atoms with E-state index in [2.05, 4.69) is 30.3 Å². The molecule has 0 atom stereocenters. The first-order chi connectivity index (χ1) is 8.26. The molecular formula is C15H22ClNO. The molecule has 2 heterocycles. The highest BCUT2D eigenvalue weighted by molar-refractivity contribution is 5.15. The molecular weight excluding hydrogens is 246 g/mol. The van der Waals surface area contributed by atoms with Crippen molar-refractivity contribution in [1.29, 1.82) is 0 Å². The van der Waals surface area contributed by atoms with Crippen LogP contribution < -0.4 is 12.4 Å². The lowest BCUT2D eigenvalue weighted by Gasteiger charge is -2.52. The Bertz CT molecular complexity index is 365. The summed E-state index contributed by atoms with van der Waals surface area (Å²) in [4.78, 5) is 0. The average Bonchev–Trinajstić information content (AvgIpc) is 2.32. The maximum atomic E-state index is 9.45. The van der Waals surface area contributed by atoms with Gasteiger partial charge in [-0.2, -0.15) is 0 Å². The summed E-state index contributed by atoms with van der Waals surface area (Å²) in [6.07, 6.45) is 3.90. The zero-order valence-electron chi connectivity index (χ0n) is 10.8. The van der Waals surface area contributed by atoms with Crippen LogP contribution in [0.1, 0.15) is 18.4 Å². The molecule has 0 amide bonds.